The molecule has 2 rings (SSSR count). The van der Waals surface area contributed by atoms with Crippen LogP contribution in [-0.4, -0.2) is 44.5 Å². The van der Waals surface area contributed by atoms with Crippen LogP contribution in [0.15, 0.2) is 0 Å². The van der Waals surface area contributed by atoms with E-state index in [0.29, 0.717) is 25.3 Å². The Bertz CT molecular complexity index is 436. The minimum absolute atomic E-state index is 0.0839. The summed E-state index contributed by atoms with van der Waals surface area (Å²) in [6.07, 6.45) is 2.79. The summed E-state index contributed by atoms with van der Waals surface area (Å²) in [7, 11) is 0. The Morgan fingerprint density at radius 3 is 2.79 bits per heavy atom. The largest absolute Gasteiger partial charge is 0.479 e. The minimum Gasteiger partial charge on any atom is -0.479 e. The average Bonchev–Trinajstić information content (AvgIpc) is 2.91. The van der Waals surface area contributed by atoms with Gasteiger partial charge in [-0.15, -0.1) is 5.10 Å². The van der Waals surface area contributed by atoms with Gasteiger partial charge in [-0.25, -0.2) is 9.48 Å². The molecule has 0 amide bonds. The molecule has 1 aromatic heterocycles. The summed E-state index contributed by atoms with van der Waals surface area (Å²) in [4.78, 5) is 11.7. The summed E-state index contributed by atoms with van der Waals surface area (Å²) >= 11 is 0. The molecule has 1 aromatic rings. The number of aromatic nitrogens is 4. The normalized spacial score (nSPS) is 20.4. The molecule has 1 unspecified atom stereocenters. The quantitative estimate of drug-likeness (QED) is 0.862. The van der Waals surface area contributed by atoms with Crippen molar-refractivity contribution < 1.29 is 14.6 Å². The topological polar surface area (TPSA) is 90.1 Å². The van der Waals surface area contributed by atoms with E-state index in [9.17, 15) is 9.90 Å². The first-order valence-corrected chi connectivity index (χ1v) is 6.75. The zero-order valence-corrected chi connectivity index (χ0v) is 11.4. The Labute approximate surface area is 111 Å². The highest BCUT2D eigenvalue weighted by Gasteiger charge is 2.41. The van der Waals surface area contributed by atoms with Crippen molar-refractivity contribution in [1.82, 2.24) is 20.2 Å². The Kier molecular flexibility index (Phi) is 4.14. The smallest absolute Gasteiger partial charge is 0.331 e. The van der Waals surface area contributed by atoms with Crippen LogP contribution in [0.5, 0.6) is 0 Å². The van der Waals surface area contributed by atoms with Gasteiger partial charge in [0.2, 0.25) is 0 Å². The van der Waals surface area contributed by atoms with E-state index in [4.69, 9.17) is 4.74 Å². The van der Waals surface area contributed by atoms with Gasteiger partial charge in [-0.1, -0.05) is 13.8 Å². The van der Waals surface area contributed by atoms with Gasteiger partial charge < -0.3 is 9.84 Å². The van der Waals surface area contributed by atoms with Gasteiger partial charge >= 0.3 is 5.97 Å². The summed E-state index contributed by atoms with van der Waals surface area (Å²) in [6, 6.07) is 0. The van der Waals surface area contributed by atoms with Crippen LogP contribution in [0.4, 0.5) is 0 Å². The van der Waals surface area contributed by atoms with Crippen molar-refractivity contribution in [2.24, 2.45) is 0 Å². The first-order chi connectivity index (χ1) is 9.15. The van der Waals surface area contributed by atoms with Gasteiger partial charge in [0, 0.05) is 12.5 Å². The molecule has 1 fully saturated rings. The molecule has 1 N–H and O–H groups in total. The maximum Gasteiger partial charge on any atom is 0.331 e. The van der Waals surface area contributed by atoms with Crippen molar-refractivity contribution in [2.75, 3.05) is 13.2 Å². The standard InChI is InChI=1S/C12H20N4O3/c1-3-12(4-2,11(17)18)16-10(13-14-15-16)9-6-5-7-19-8-9/h9H,3-8H2,1-2H3,(H,17,18). The molecule has 0 spiro atoms. The molecule has 0 radical (unpaired) electrons. The maximum absolute atomic E-state index is 11.7. The lowest BCUT2D eigenvalue weighted by Crippen LogP contribution is -2.43. The van der Waals surface area contributed by atoms with E-state index >= 15 is 0 Å². The second-order valence-electron chi connectivity index (χ2n) is 4.91. The summed E-state index contributed by atoms with van der Waals surface area (Å²) in [5.74, 6) is -0.172. The molecule has 1 saturated heterocycles. The summed E-state index contributed by atoms with van der Waals surface area (Å²) in [5.41, 5.74) is -1.06. The Morgan fingerprint density at radius 1 is 1.53 bits per heavy atom. The lowest BCUT2D eigenvalue weighted by atomic mass is 9.91. The van der Waals surface area contributed by atoms with Crippen LogP contribution in [0.3, 0.4) is 0 Å². The van der Waals surface area contributed by atoms with Crippen molar-refractivity contribution in [1.29, 1.82) is 0 Å². The zero-order chi connectivity index (χ0) is 13.9. The number of ether oxygens (including phenoxy) is 1. The molecule has 0 bridgehead atoms. The number of carbonyl (C=O) groups is 1. The average molecular weight is 268 g/mol. The maximum atomic E-state index is 11.7. The van der Waals surface area contributed by atoms with Crippen molar-refractivity contribution in [3.8, 4) is 0 Å². The summed E-state index contributed by atoms with van der Waals surface area (Å²) in [6.45, 7) is 5.01. The van der Waals surface area contributed by atoms with Gasteiger partial charge in [0.1, 0.15) is 0 Å². The van der Waals surface area contributed by atoms with Crippen molar-refractivity contribution in [2.45, 2.75) is 51.0 Å². The molecule has 106 valence electrons. The van der Waals surface area contributed by atoms with Crippen molar-refractivity contribution in [3.05, 3.63) is 5.82 Å². The highest BCUT2D eigenvalue weighted by molar-refractivity contribution is 5.76. The summed E-state index contributed by atoms with van der Waals surface area (Å²) in [5, 5.41) is 21.2. The van der Waals surface area contributed by atoms with Gasteiger partial charge in [-0.2, -0.15) is 0 Å². The molecule has 7 nitrogen and oxygen atoms in total. The van der Waals surface area contributed by atoms with Crippen LogP contribution < -0.4 is 0 Å². The molecule has 1 atom stereocenters. The van der Waals surface area contributed by atoms with E-state index in [0.717, 1.165) is 19.4 Å². The van der Waals surface area contributed by atoms with Crippen LogP contribution in [0.25, 0.3) is 0 Å². The molecule has 1 aliphatic heterocycles. The number of carboxylic acids is 1. The fourth-order valence-electron chi connectivity index (χ4n) is 2.64. The Hall–Kier alpha value is -1.50. The van der Waals surface area contributed by atoms with Gasteiger partial charge in [0.05, 0.1) is 6.61 Å². The number of aliphatic carboxylic acids is 1. The molecular formula is C12H20N4O3. The lowest BCUT2D eigenvalue weighted by molar-refractivity contribution is -0.149. The van der Waals surface area contributed by atoms with Gasteiger partial charge in [-0.05, 0) is 36.1 Å². The molecule has 2 heterocycles. The number of carboxylic acid groups (broad SMARTS) is 1. The molecule has 19 heavy (non-hydrogen) atoms. The van der Waals surface area contributed by atoms with Gasteiger partial charge in [0.15, 0.2) is 11.4 Å². The molecular weight excluding hydrogens is 248 g/mol. The van der Waals surface area contributed by atoms with Crippen LogP contribution in [-0.2, 0) is 15.1 Å². The van der Waals surface area contributed by atoms with Crippen LogP contribution in [0.1, 0.15) is 51.3 Å². The molecule has 1 aliphatic rings. The third-order valence-corrected chi connectivity index (χ3v) is 3.99. The highest BCUT2D eigenvalue weighted by atomic mass is 16.5. The second kappa shape index (κ2) is 5.64. The summed E-state index contributed by atoms with van der Waals surface area (Å²) < 4.78 is 6.94. The van der Waals surface area contributed by atoms with Crippen molar-refractivity contribution in [3.63, 3.8) is 0 Å². The Morgan fingerprint density at radius 2 is 2.26 bits per heavy atom. The highest BCUT2D eigenvalue weighted by Crippen LogP contribution is 2.30. The van der Waals surface area contributed by atoms with E-state index in [1.807, 2.05) is 13.8 Å². The number of hydrogen-bond acceptors (Lipinski definition) is 5. The van der Waals surface area contributed by atoms with Gasteiger partial charge in [0.25, 0.3) is 0 Å². The van der Waals surface area contributed by atoms with E-state index < -0.39 is 11.5 Å². The molecule has 7 heteroatoms. The predicted molar refractivity (Wildman–Crippen MR) is 66.8 cm³/mol. The van der Waals surface area contributed by atoms with E-state index in [1.54, 1.807) is 0 Å². The first kappa shape index (κ1) is 13.9. The van der Waals surface area contributed by atoms with Crippen molar-refractivity contribution >= 4 is 5.97 Å². The van der Waals surface area contributed by atoms with Crippen LogP contribution >= 0.6 is 0 Å². The van der Waals surface area contributed by atoms with E-state index in [2.05, 4.69) is 15.5 Å². The van der Waals surface area contributed by atoms with E-state index in [-0.39, 0.29) is 5.92 Å². The number of nitrogens with zero attached hydrogens (tertiary/aromatic N) is 4. The van der Waals surface area contributed by atoms with E-state index in [1.165, 1.54) is 4.68 Å². The van der Waals surface area contributed by atoms with Gasteiger partial charge in [-0.3, -0.25) is 0 Å². The number of tetrazole rings is 1. The second-order valence-corrected chi connectivity index (χ2v) is 4.91. The van der Waals surface area contributed by atoms with Crippen LogP contribution in [0, 0.1) is 0 Å². The third kappa shape index (κ3) is 2.34. The molecule has 0 aliphatic carbocycles. The fourth-order valence-corrected chi connectivity index (χ4v) is 2.64. The minimum atomic E-state index is -1.06. The van der Waals surface area contributed by atoms with Crippen LogP contribution in [0.2, 0.25) is 0 Å². The lowest BCUT2D eigenvalue weighted by Gasteiger charge is -2.30. The third-order valence-electron chi connectivity index (χ3n) is 3.99. The first-order valence-electron chi connectivity index (χ1n) is 6.75. The Balaban J connectivity index is 2.38. The SMILES string of the molecule is CCC(CC)(C(=O)O)n1nnnc1C1CCCOC1. The predicted octanol–water partition coefficient (Wildman–Crippen LogP) is 1.17. The zero-order valence-electron chi connectivity index (χ0n) is 11.4. The number of rotatable bonds is 5. The number of hydrogen-bond donors (Lipinski definition) is 1. The molecule has 0 aromatic carbocycles. The monoisotopic (exact) mass is 268 g/mol. The molecule has 0 saturated carbocycles. The fraction of sp³-hybridized carbons (Fsp3) is 0.833.